The fourth-order valence-electron chi connectivity index (χ4n) is 1.73. The van der Waals surface area contributed by atoms with Crippen molar-refractivity contribution in [2.75, 3.05) is 11.1 Å². The number of phenols is 1. The second kappa shape index (κ2) is 5.02. The number of nitrogens with two attached hydrogens (primary N) is 1. The van der Waals surface area contributed by atoms with Gasteiger partial charge in [-0.1, -0.05) is 12.1 Å². The summed E-state index contributed by atoms with van der Waals surface area (Å²) in [4.78, 5) is 12.1. The van der Waals surface area contributed by atoms with Crippen LogP contribution in [0.1, 0.15) is 21.5 Å². The number of anilines is 2. The van der Waals surface area contributed by atoms with Gasteiger partial charge in [0.15, 0.2) is 0 Å². The van der Waals surface area contributed by atoms with E-state index in [4.69, 9.17) is 5.73 Å². The van der Waals surface area contributed by atoms with E-state index in [0.29, 0.717) is 16.9 Å². The van der Waals surface area contributed by atoms with Crippen LogP contribution in [-0.4, -0.2) is 11.0 Å². The van der Waals surface area contributed by atoms with Gasteiger partial charge in [0.05, 0.1) is 0 Å². The fourth-order valence-corrected chi connectivity index (χ4v) is 1.73. The minimum atomic E-state index is -0.274. The number of carbonyl (C=O) groups excluding carboxylic acids is 1. The first-order valence-electron chi connectivity index (χ1n) is 5.95. The highest BCUT2D eigenvalue weighted by atomic mass is 16.3. The van der Waals surface area contributed by atoms with Crippen LogP contribution in [0.5, 0.6) is 5.75 Å². The van der Waals surface area contributed by atoms with E-state index in [2.05, 4.69) is 5.32 Å². The van der Waals surface area contributed by atoms with Crippen molar-refractivity contribution in [1.82, 2.24) is 0 Å². The van der Waals surface area contributed by atoms with Crippen molar-refractivity contribution in [2.24, 2.45) is 0 Å². The molecule has 0 saturated carbocycles. The maximum atomic E-state index is 12.1. The SMILES string of the molecule is Cc1ccc(C(=O)Nc2cccc(N)c2C)cc1O. The smallest absolute Gasteiger partial charge is 0.255 e. The van der Waals surface area contributed by atoms with Gasteiger partial charge in [0, 0.05) is 16.9 Å². The summed E-state index contributed by atoms with van der Waals surface area (Å²) in [6, 6.07) is 10.2. The molecule has 19 heavy (non-hydrogen) atoms. The van der Waals surface area contributed by atoms with Gasteiger partial charge in [-0.3, -0.25) is 4.79 Å². The van der Waals surface area contributed by atoms with Crippen LogP contribution in [0.2, 0.25) is 0 Å². The Bertz CT molecular complexity index is 636. The van der Waals surface area contributed by atoms with Gasteiger partial charge < -0.3 is 16.2 Å². The summed E-state index contributed by atoms with van der Waals surface area (Å²) in [7, 11) is 0. The molecular weight excluding hydrogens is 240 g/mol. The standard InChI is InChI=1S/C15H16N2O2/c1-9-6-7-11(8-14(9)18)15(19)17-13-5-3-4-12(16)10(13)2/h3-8,18H,16H2,1-2H3,(H,17,19). The minimum absolute atomic E-state index is 0.108. The molecule has 0 radical (unpaired) electrons. The van der Waals surface area contributed by atoms with Gasteiger partial charge in [-0.2, -0.15) is 0 Å². The van der Waals surface area contributed by atoms with Gasteiger partial charge in [-0.15, -0.1) is 0 Å². The largest absolute Gasteiger partial charge is 0.508 e. The monoisotopic (exact) mass is 256 g/mol. The van der Waals surface area contributed by atoms with Crippen LogP contribution in [0, 0.1) is 13.8 Å². The van der Waals surface area contributed by atoms with Crippen LogP contribution < -0.4 is 11.1 Å². The van der Waals surface area contributed by atoms with E-state index in [1.165, 1.54) is 6.07 Å². The quantitative estimate of drug-likeness (QED) is 0.723. The summed E-state index contributed by atoms with van der Waals surface area (Å²) in [5.74, 6) is -0.166. The molecule has 0 aliphatic rings. The third kappa shape index (κ3) is 2.68. The minimum Gasteiger partial charge on any atom is -0.508 e. The van der Waals surface area contributed by atoms with Gasteiger partial charge in [0.1, 0.15) is 5.75 Å². The van der Waals surface area contributed by atoms with Crippen LogP contribution in [0.15, 0.2) is 36.4 Å². The number of hydrogen-bond acceptors (Lipinski definition) is 3. The molecule has 2 aromatic rings. The lowest BCUT2D eigenvalue weighted by Gasteiger charge is -2.10. The molecule has 2 rings (SSSR count). The lowest BCUT2D eigenvalue weighted by molar-refractivity contribution is 0.102. The molecule has 0 atom stereocenters. The van der Waals surface area contributed by atoms with Crippen LogP contribution in [-0.2, 0) is 0 Å². The highest BCUT2D eigenvalue weighted by Crippen LogP contribution is 2.22. The average Bonchev–Trinajstić information content (AvgIpc) is 2.38. The predicted molar refractivity (Wildman–Crippen MR) is 76.4 cm³/mol. The third-order valence-electron chi connectivity index (χ3n) is 3.10. The second-order valence-corrected chi connectivity index (χ2v) is 4.48. The summed E-state index contributed by atoms with van der Waals surface area (Å²) in [5, 5.41) is 12.4. The van der Waals surface area contributed by atoms with E-state index < -0.39 is 0 Å². The van der Waals surface area contributed by atoms with E-state index in [9.17, 15) is 9.90 Å². The molecule has 4 N–H and O–H groups in total. The molecule has 4 nitrogen and oxygen atoms in total. The molecular formula is C15H16N2O2. The number of benzene rings is 2. The van der Waals surface area contributed by atoms with Crippen molar-refractivity contribution >= 4 is 17.3 Å². The van der Waals surface area contributed by atoms with Crippen LogP contribution in [0.4, 0.5) is 11.4 Å². The highest BCUT2D eigenvalue weighted by Gasteiger charge is 2.10. The average molecular weight is 256 g/mol. The summed E-state index contributed by atoms with van der Waals surface area (Å²) in [6.07, 6.45) is 0. The first kappa shape index (κ1) is 13.0. The zero-order chi connectivity index (χ0) is 14.0. The molecule has 0 saturated heterocycles. The molecule has 0 heterocycles. The molecule has 0 aromatic heterocycles. The summed E-state index contributed by atoms with van der Waals surface area (Å²) >= 11 is 0. The molecule has 0 aliphatic heterocycles. The summed E-state index contributed by atoms with van der Waals surface area (Å²) < 4.78 is 0. The molecule has 0 bridgehead atoms. The molecule has 0 fully saturated rings. The molecule has 0 unspecified atom stereocenters. The number of carbonyl (C=O) groups is 1. The zero-order valence-electron chi connectivity index (χ0n) is 10.9. The maximum Gasteiger partial charge on any atom is 0.255 e. The number of nitrogen functional groups attached to an aromatic ring is 1. The Kier molecular flexibility index (Phi) is 3.42. The molecule has 0 spiro atoms. The Morgan fingerprint density at radius 2 is 1.95 bits per heavy atom. The molecule has 98 valence electrons. The van der Waals surface area contributed by atoms with Crippen molar-refractivity contribution in [3.8, 4) is 5.75 Å². The number of aryl methyl sites for hydroxylation is 1. The Morgan fingerprint density at radius 3 is 2.63 bits per heavy atom. The molecule has 4 heteroatoms. The number of amides is 1. The predicted octanol–water partition coefficient (Wildman–Crippen LogP) is 2.84. The van der Waals surface area contributed by atoms with E-state index in [1.54, 1.807) is 37.3 Å². The Hall–Kier alpha value is -2.49. The lowest BCUT2D eigenvalue weighted by atomic mass is 10.1. The van der Waals surface area contributed by atoms with Gasteiger partial charge >= 0.3 is 0 Å². The maximum absolute atomic E-state index is 12.1. The Morgan fingerprint density at radius 1 is 1.21 bits per heavy atom. The zero-order valence-corrected chi connectivity index (χ0v) is 10.9. The second-order valence-electron chi connectivity index (χ2n) is 4.48. The Balaban J connectivity index is 2.26. The fraction of sp³-hybridized carbons (Fsp3) is 0.133. The number of hydrogen-bond donors (Lipinski definition) is 3. The van der Waals surface area contributed by atoms with E-state index >= 15 is 0 Å². The van der Waals surface area contributed by atoms with Crippen molar-refractivity contribution in [3.05, 3.63) is 53.1 Å². The highest BCUT2D eigenvalue weighted by molar-refractivity contribution is 6.05. The molecule has 1 amide bonds. The van der Waals surface area contributed by atoms with Crippen molar-refractivity contribution in [3.63, 3.8) is 0 Å². The van der Waals surface area contributed by atoms with Crippen LogP contribution >= 0.6 is 0 Å². The number of phenolic OH excluding ortho intramolecular Hbond substituents is 1. The van der Waals surface area contributed by atoms with Gasteiger partial charge in [0.25, 0.3) is 5.91 Å². The first-order valence-corrected chi connectivity index (χ1v) is 5.95. The van der Waals surface area contributed by atoms with Gasteiger partial charge in [0.2, 0.25) is 0 Å². The van der Waals surface area contributed by atoms with Crippen LogP contribution in [0.25, 0.3) is 0 Å². The van der Waals surface area contributed by atoms with E-state index in [0.717, 1.165) is 11.1 Å². The van der Waals surface area contributed by atoms with Crippen molar-refractivity contribution in [2.45, 2.75) is 13.8 Å². The van der Waals surface area contributed by atoms with E-state index in [-0.39, 0.29) is 11.7 Å². The van der Waals surface area contributed by atoms with E-state index in [1.807, 2.05) is 6.92 Å². The molecule has 2 aromatic carbocycles. The number of nitrogens with one attached hydrogen (secondary N) is 1. The number of rotatable bonds is 2. The lowest BCUT2D eigenvalue weighted by Crippen LogP contribution is -2.13. The van der Waals surface area contributed by atoms with Crippen molar-refractivity contribution in [1.29, 1.82) is 0 Å². The summed E-state index contributed by atoms with van der Waals surface area (Å²) in [5.41, 5.74) is 9.05. The van der Waals surface area contributed by atoms with Crippen LogP contribution in [0.3, 0.4) is 0 Å². The van der Waals surface area contributed by atoms with Gasteiger partial charge in [-0.05, 0) is 49.2 Å². The van der Waals surface area contributed by atoms with Gasteiger partial charge in [-0.25, -0.2) is 0 Å². The number of aromatic hydroxyl groups is 1. The normalized spacial score (nSPS) is 10.2. The van der Waals surface area contributed by atoms with Crippen molar-refractivity contribution < 1.29 is 9.90 Å². The topological polar surface area (TPSA) is 75.4 Å². The summed E-state index contributed by atoms with van der Waals surface area (Å²) in [6.45, 7) is 3.62. The Labute approximate surface area is 111 Å². The first-order chi connectivity index (χ1) is 8.99. The molecule has 0 aliphatic carbocycles. The third-order valence-corrected chi connectivity index (χ3v) is 3.10.